The first kappa shape index (κ1) is 21.5. The lowest BCUT2D eigenvalue weighted by molar-refractivity contribution is 0.0951. The van der Waals surface area contributed by atoms with Crippen LogP contribution in [0.2, 0.25) is 5.02 Å². The maximum absolute atomic E-state index is 12.9. The van der Waals surface area contributed by atoms with Crippen LogP contribution in [0.3, 0.4) is 0 Å². The van der Waals surface area contributed by atoms with Gasteiger partial charge < -0.3 is 5.32 Å². The third-order valence-electron chi connectivity index (χ3n) is 5.47. The first-order valence-corrected chi connectivity index (χ1v) is 11.9. The molecule has 4 aromatic carbocycles. The van der Waals surface area contributed by atoms with Gasteiger partial charge in [-0.15, -0.1) is 0 Å². The number of carbonyl (C=O) groups is 1. The molecule has 0 unspecified atom stereocenters. The van der Waals surface area contributed by atoms with Crippen LogP contribution in [-0.4, -0.2) is 11.6 Å². The van der Waals surface area contributed by atoms with Gasteiger partial charge in [0.2, 0.25) is 0 Å². The van der Waals surface area contributed by atoms with Crippen LogP contribution >= 0.6 is 23.4 Å². The fraction of sp³-hybridized carbons (Fsp3) is 0.0714. The molecule has 3 nitrogen and oxygen atoms in total. The first-order chi connectivity index (χ1) is 16.1. The summed E-state index contributed by atoms with van der Waals surface area (Å²) < 4.78 is 0. The molecule has 0 aliphatic carbocycles. The van der Waals surface area contributed by atoms with Crippen LogP contribution in [0.15, 0.2) is 106 Å². The average Bonchev–Trinajstić information content (AvgIpc) is 2.99. The summed E-state index contributed by atoms with van der Waals surface area (Å²) in [4.78, 5) is 20.1. The number of halogens is 1. The van der Waals surface area contributed by atoms with Crippen LogP contribution in [0.5, 0.6) is 0 Å². The Kier molecular flexibility index (Phi) is 6.03. The normalized spacial score (nSPS) is 12.2. The third-order valence-corrected chi connectivity index (χ3v) is 6.86. The van der Waals surface area contributed by atoms with Crippen molar-refractivity contribution in [2.24, 2.45) is 4.99 Å². The molecule has 0 bridgehead atoms. The van der Waals surface area contributed by atoms with E-state index in [1.807, 2.05) is 79.7 Å². The predicted octanol–water partition coefficient (Wildman–Crippen LogP) is 7.21. The van der Waals surface area contributed by atoms with E-state index in [2.05, 4.69) is 23.5 Å². The molecule has 1 N–H and O–H groups in total. The van der Waals surface area contributed by atoms with Gasteiger partial charge in [-0.1, -0.05) is 83.5 Å². The molecular formula is C28H21ClN2OS. The number of nitrogens with zero attached hydrogens (tertiary/aromatic N) is 1. The van der Waals surface area contributed by atoms with E-state index < -0.39 is 0 Å². The monoisotopic (exact) mass is 468 g/mol. The number of rotatable bonds is 4. The smallest absolute Gasteiger partial charge is 0.251 e. The minimum Gasteiger partial charge on any atom is -0.348 e. The lowest BCUT2D eigenvalue weighted by atomic mass is 10.0. The topological polar surface area (TPSA) is 41.5 Å². The van der Waals surface area contributed by atoms with Gasteiger partial charge in [-0.2, -0.15) is 0 Å². The number of carbonyl (C=O) groups excluding carboxylic acids is 1. The number of aliphatic imine (C=N–C) groups is 1. The molecule has 0 fully saturated rings. The first-order valence-electron chi connectivity index (χ1n) is 10.7. The minimum absolute atomic E-state index is 0.116. The Hall–Kier alpha value is -3.34. The highest BCUT2D eigenvalue weighted by atomic mass is 35.5. The van der Waals surface area contributed by atoms with E-state index in [1.165, 1.54) is 5.56 Å². The molecule has 4 aromatic rings. The molecule has 0 saturated carbocycles. The van der Waals surface area contributed by atoms with Gasteiger partial charge in [0.15, 0.2) is 0 Å². The van der Waals surface area contributed by atoms with Gasteiger partial charge in [-0.3, -0.25) is 4.79 Å². The lowest BCUT2D eigenvalue weighted by Crippen LogP contribution is -2.22. The Bertz CT molecular complexity index is 1380. The maximum Gasteiger partial charge on any atom is 0.251 e. The van der Waals surface area contributed by atoms with E-state index in [4.69, 9.17) is 16.6 Å². The largest absolute Gasteiger partial charge is 0.348 e. The van der Waals surface area contributed by atoms with Gasteiger partial charge in [-0.25, -0.2) is 4.99 Å². The van der Waals surface area contributed by atoms with Crippen molar-refractivity contribution in [2.45, 2.75) is 23.3 Å². The highest BCUT2D eigenvalue weighted by Crippen LogP contribution is 2.41. The molecule has 5 heteroatoms. The molecule has 33 heavy (non-hydrogen) atoms. The predicted molar refractivity (Wildman–Crippen MR) is 136 cm³/mol. The van der Waals surface area contributed by atoms with Crippen molar-refractivity contribution >= 4 is 40.7 Å². The van der Waals surface area contributed by atoms with E-state index >= 15 is 0 Å². The molecule has 0 saturated heterocycles. The van der Waals surface area contributed by atoms with Crippen molar-refractivity contribution in [1.29, 1.82) is 0 Å². The Morgan fingerprint density at radius 3 is 2.55 bits per heavy atom. The summed E-state index contributed by atoms with van der Waals surface area (Å²) in [5, 5.41) is 3.71. The molecule has 5 rings (SSSR count). The van der Waals surface area contributed by atoms with E-state index in [-0.39, 0.29) is 5.91 Å². The molecule has 0 aromatic heterocycles. The summed E-state index contributed by atoms with van der Waals surface area (Å²) in [5.74, 6) is -0.116. The second-order valence-corrected chi connectivity index (χ2v) is 9.44. The van der Waals surface area contributed by atoms with Crippen molar-refractivity contribution in [3.63, 3.8) is 0 Å². The Balaban J connectivity index is 1.49. The number of fused-ring (bicyclic) bond motifs is 2. The minimum atomic E-state index is -0.116. The molecule has 0 spiro atoms. The Morgan fingerprint density at radius 1 is 0.909 bits per heavy atom. The molecule has 0 radical (unpaired) electrons. The summed E-state index contributed by atoms with van der Waals surface area (Å²) in [6.07, 6.45) is 0. The number of amides is 1. The quantitative estimate of drug-likeness (QED) is 0.302. The van der Waals surface area contributed by atoms with E-state index in [0.29, 0.717) is 17.1 Å². The number of nitrogens with one attached hydrogen (secondary N) is 1. The lowest BCUT2D eigenvalue weighted by Gasteiger charge is -2.09. The molecule has 1 aliphatic heterocycles. The van der Waals surface area contributed by atoms with Gasteiger partial charge in [0.1, 0.15) is 0 Å². The van der Waals surface area contributed by atoms with Crippen LogP contribution in [0.4, 0.5) is 5.69 Å². The molecular weight excluding hydrogens is 448 g/mol. The average molecular weight is 469 g/mol. The van der Waals surface area contributed by atoms with Crippen molar-refractivity contribution in [3.05, 3.63) is 124 Å². The van der Waals surface area contributed by atoms with E-state index in [9.17, 15) is 4.79 Å². The third kappa shape index (κ3) is 4.72. The molecule has 1 amide bonds. The summed E-state index contributed by atoms with van der Waals surface area (Å²) in [6.45, 7) is 2.53. The second kappa shape index (κ2) is 9.26. The summed E-state index contributed by atoms with van der Waals surface area (Å²) in [5.41, 5.74) is 6.53. The highest BCUT2D eigenvalue weighted by molar-refractivity contribution is 7.99. The summed E-state index contributed by atoms with van der Waals surface area (Å²) in [6, 6.07) is 29.8. The van der Waals surface area contributed by atoms with E-state index in [0.717, 1.165) is 37.9 Å². The van der Waals surface area contributed by atoms with Gasteiger partial charge >= 0.3 is 0 Å². The van der Waals surface area contributed by atoms with Gasteiger partial charge in [0.05, 0.1) is 11.4 Å². The zero-order valence-corrected chi connectivity index (χ0v) is 19.6. The standard InChI is InChI=1S/C28H21ClN2OS/c1-18-5-4-6-19(15-18)17-30-28(32)21-11-14-26-24(16-21)31-27(20-9-12-22(29)13-10-20)23-7-2-3-8-25(23)33-26/h2-16H,17H2,1H3,(H,30,32). The molecule has 0 atom stereocenters. The van der Waals surface area contributed by atoms with Crippen LogP contribution in [-0.2, 0) is 6.54 Å². The van der Waals surface area contributed by atoms with Crippen molar-refractivity contribution in [3.8, 4) is 0 Å². The summed E-state index contributed by atoms with van der Waals surface area (Å²) in [7, 11) is 0. The summed E-state index contributed by atoms with van der Waals surface area (Å²) >= 11 is 7.78. The molecule has 1 aliphatic rings. The fourth-order valence-electron chi connectivity index (χ4n) is 3.82. The van der Waals surface area contributed by atoms with Crippen LogP contribution in [0, 0.1) is 6.92 Å². The van der Waals surface area contributed by atoms with E-state index in [1.54, 1.807) is 11.8 Å². The van der Waals surface area contributed by atoms with Crippen molar-refractivity contribution in [2.75, 3.05) is 0 Å². The van der Waals surface area contributed by atoms with Crippen molar-refractivity contribution < 1.29 is 4.79 Å². The Morgan fingerprint density at radius 2 is 1.73 bits per heavy atom. The zero-order chi connectivity index (χ0) is 22.8. The SMILES string of the molecule is Cc1cccc(CNC(=O)c2ccc3c(c2)N=C(c2ccc(Cl)cc2)c2ccccc2S3)c1. The second-order valence-electron chi connectivity index (χ2n) is 7.92. The van der Waals surface area contributed by atoms with Gasteiger partial charge in [0, 0.05) is 38.0 Å². The van der Waals surface area contributed by atoms with Gasteiger partial charge in [-0.05, 0) is 48.9 Å². The number of aryl methyl sites for hydroxylation is 1. The Labute approximate surface area is 202 Å². The van der Waals surface area contributed by atoms with Crippen LogP contribution in [0.25, 0.3) is 0 Å². The number of benzene rings is 4. The molecule has 1 heterocycles. The molecule has 162 valence electrons. The number of hydrogen-bond donors (Lipinski definition) is 1. The van der Waals surface area contributed by atoms with Crippen LogP contribution < -0.4 is 5.32 Å². The number of hydrogen-bond acceptors (Lipinski definition) is 3. The van der Waals surface area contributed by atoms with Gasteiger partial charge in [0.25, 0.3) is 5.91 Å². The van der Waals surface area contributed by atoms with Crippen molar-refractivity contribution in [1.82, 2.24) is 5.32 Å². The maximum atomic E-state index is 12.9. The fourth-order valence-corrected chi connectivity index (χ4v) is 4.95. The zero-order valence-electron chi connectivity index (χ0n) is 18.0. The highest BCUT2D eigenvalue weighted by Gasteiger charge is 2.20. The van der Waals surface area contributed by atoms with Crippen LogP contribution in [0.1, 0.15) is 32.6 Å².